The number of nitrogens with zero attached hydrogens (tertiary/aromatic N) is 2. The van der Waals surface area contributed by atoms with E-state index in [-0.39, 0.29) is 0 Å². The number of aryl methyl sites for hydroxylation is 2. The van der Waals surface area contributed by atoms with Crippen molar-refractivity contribution in [3.8, 4) is 11.5 Å². The number of hydrogen-bond donors (Lipinski definition) is 1. The largest absolute Gasteiger partial charge is 0.490 e. The Morgan fingerprint density at radius 3 is 2.43 bits per heavy atom. The molecule has 5 nitrogen and oxygen atoms in total. The highest BCUT2D eigenvalue weighted by Gasteiger charge is 2.22. The molecule has 2 aromatic rings. The number of aliphatic hydroxyl groups is 1. The van der Waals surface area contributed by atoms with Crippen molar-refractivity contribution in [1.29, 1.82) is 0 Å². The van der Waals surface area contributed by atoms with E-state index in [2.05, 4.69) is 41.8 Å². The van der Waals surface area contributed by atoms with Gasteiger partial charge in [-0.05, 0) is 43.2 Å². The number of ether oxygens (including phenoxy) is 2. The van der Waals surface area contributed by atoms with E-state index in [0.717, 1.165) is 49.7 Å². The molecule has 4 rings (SSSR count). The van der Waals surface area contributed by atoms with Crippen LogP contribution in [0.5, 0.6) is 11.5 Å². The van der Waals surface area contributed by atoms with E-state index in [1.54, 1.807) is 0 Å². The molecule has 1 saturated heterocycles. The fourth-order valence-corrected chi connectivity index (χ4v) is 4.07. The van der Waals surface area contributed by atoms with Gasteiger partial charge < -0.3 is 19.5 Å². The Balaban J connectivity index is 1.35. The van der Waals surface area contributed by atoms with Crippen molar-refractivity contribution in [2.45, 2.75) is 26.4 Å². The van der Waals surface area contributed by atoms with Gasteiger partial charge in [0.05, 0.1) is 19.3 Å². The smallest absolute Gasteiger partial charge is 0.161 e. The minimum absolute atomic E-state index is 0.523. The van der Waals surface area contributed by atoms with Gasteiger partial charge in [-0.3, -0.25) is 4.90 Å². The van der Waals surface area contributed by atoms with Gasteiger partial charge in [0.2, 0.25) is 0 Å². The molecule has 5 heteroatoms. The van der Waals surface area contributed by atoms with Gasteiger partial charge in [0.1, 0.15) is 0 Å². The third-order valence-electron chi connectivity index (χ3n) is 5.65. The number of piperazine rings is 1. The molecule has 0 aliphatic carbocycles. The number of aliphatic hydroxyl groups excluding tert-OH is 1. The van der Waals surface area contributed by atoms with Crippen LogP contribution in [0.2, 0.25) is 0 Å². The Hall–Kier alpha value is -2.24. The average Bonchev–Trinajstić information content (AvgIpc) is 2.93. The Morgan fingerprint density at radius 1 is 0.929 bits per heavy atom. The molecule has 0 bridgehead atoms. The summed E-state index contributed by atoms with van der Waals surface area (Å²) < 4.78 is 11.4. The van der Waals surface area contributed by atoms with Crippen LogP contribution < -0.4 is 14.4 Å². The number of fused-ring (bicyclic) bond motifs is 1. The first-order valence-electron chi connectivity index (χ1n) is 10.2. The predicted octanol–water partition coefficient (Wildman–Crippen LogP) is 3.32. The van der Waals surface area contributed by atoms with Gasteiger partial charge >= 0.3 is 0 Å². The lowest BCUT2D eigenvalue weighted by atomic mass is 10.1. The van der Waals surface area contributed by atoms with E-state index in [1.807, 2.05) is 18.2 Å². The molecule has 0 radical (unpaired) electrons. The molecule has 1 unspecified atom stereocenters. The summed E-state index contributed by atoms with van der Waals surface area (Å²) in [6, 6.07) is 12.4. The zero-order chi connectivity index (χ0) is 19.5. The van der Waals surface area contributed by atoms with Gasteiger partial charge in [-0.1, -0.05) is 23.8 Å². The van der Waals surface area contributed by atoms with E-state index in [1.165, 1.54) is 16.8 Å². The van der Waals surface area contributed by atoms with Crippen molar-refractivity contribution < 1.29 is 14.6 Å². The van der Waals surface area contributed by atoms with Gasteiger partial charge in [-0.2, -0.15) is 0 Å². The van der Waals surface area contributed by atoms with Gasteiger partial charge in [-0.25, -0.2) is 0 Å². The highest BCUT2D eigenvalue weighted by molar-refractivity contribution is 5.54. The van der Waals surface area contributed by atoms with E-state index in [9.17, 15) is 5.11 Å². The zero-order valence-corrected chi connectivity index (χ0v) is 16.9. The maximum atomic E-state index is 10.8. The second-order valence-electron chi connectivity index (χ2n) is 7.85. The van der Waals surface area contributed by atoms with Gasteiger partial charge in [0, 0.05) is 44.8 Å². The first-order chi connectivity index (χ1) is 13.6. The minimum Gasteiger partial charge on any atom is -0.490 e. The van der Waals surface area contributed by atoms with Crippen molar-refractivity contribution in [3.63, 3.8) is 0 Å². The molecule has 2 aromatic carbocycles. The number of hydrogen-bond acceptors (Lipinski definition) is 5. The van der Waals surface area contributed by atoms with Gasteiger partial charge in [-0.15, -0.1) is 0 Å². The Labute approximate surface area is 167 Å². The summed E-state index contributed by atoms with van der Waals surface area (Å²) in [4.78, 5) is 4.79. The van der Waals surface area contributed by atoms with Crippen LogP contribution in [0.25, 0.3) is 0 Å². The molecule has 2 aliphatic heterocycles. The molecule has 28 heavy (non-hydrogen) atoms. The molecule has 2 aliphatic rings. The molecule has 0 amide bonds. The van der Waals surface area contributed by atoms with Crippen LogP contribution in [0.1, 0.15) is 29.2 Å². The Kier molecular flexibility index (Phi) is 5.74. The average molecular weight is 383 g/mol. The summed E-state index contributed by atoms with van der Waals surface area (Å²) in [5, 5.41) is 10.8. The van der Waals surface area contributed by atoms with E-state index < -0.39 is 6.10 Å². The molecule has 0 spiro atoms. The molecule has 1 fully saturated rings. The van der Waals surface area contributed by atoms with Crippen molar-refractivity contribution in [1.82, 2.24) is 4.90 Å². The minimum atomic E-state index is -0.523. The highest BCUT2D eigenvalue weighted by atomic mass is 16.5. The lowest BCUT2D eigenvalue weighted by Crippen LogP contribution is -2.47. The topological polar surface area (TPSA) is 45.2 Å². The highest BCUT2D eigenvalue weighted by Crippen LogP contribution is 2.32. The summed E-state index contributed by atoms with van der Waals surface area (Å²) in [5.74, 6) is 1.52. The summed E-state index contributed by atoms with van der Waals surface area (Å²) >= 11 is 0. The standard InChI is InChI=1S/C23H30N2O3/c1-17-4-6-20(18(2)14-17)25-10-8-24(9-11-25)16-21(26)19-5-7-22-23(15-19)28-13-3-12-27-22/h4-7,14-15,21,26H,3,8-13,16H2,1-2H3. The summed E-state index contributed by atoms with van der Waals surface area (Å²) in [6.07, 6.45) is 0.363. The third-order valence-corrected chi connectivity index (χ3v) is 5.65. The number of β-amino-alcohol motifs (C(OH)–C–C–N with tert-alkyl or cyclic N) is 1. The molecule has 1 atom stereocenters. The molecular weight excluding hydrogens is 352 g/mol. The number of benzene rings is 2. The van der Waals surface area contributed by atoms with E-state index in [0.29, 0.717) is 19.8 Å². The van der Waals surface area contributed by atoms with Crippen molar-refractivity contribution in [2.24, 2.45) is 0 Å². The molecule has 150 valence electrons. The van der Waals surface area contributed by atoms with Crippen LogP contribution in [0, 0.1) is 13.8 Å². The predicted molar refractivity (Wildman–Crippen MR) is 112 cm³/mol. The summed E-state index contributed by atoms with van der Waals surface area (Å²) in [5.41, 5.74) is 4.86. The monoisotopic (exact) mass is 382 g/mol. The molecule has 0 saturated carbocycles. The van der Waals surface area contributed by atoms with Gasteiger partial charge in [0.25, 0.3) is 0 Å². The Morgan fingerprint density at radius 2 is 1.68 bits per heavy atom. The zero-order valence-electron chi connectivity index (χ0n) is 16.9. The maximum absolute atomic E-state index is 10.8. The molecule has 2 heterocycles. The summed E-state index contributed by atoms with van der Waals surface area (Å²) in [7, 11) is 0. The fourth-order valence-electron chi connectivity index (χ4n) is 4.07. The van der Waals surface area contributed by atoms with E-state index in [4.69, 9.17) is 9.47 Å². The fraction of sp³-hybridized carbons (Fsp3) is 0.478. The van der Waals surface area contributed by atoms with E-state index >= 15 is 0 Å². The van der Waals surface area contributed by atoms with Gasteiger partial charge in [0.15, 0.2) is 11.5 Å². The van der Waals surface area contributed by atoms with Crippen LogP contribution in [-0.4, -0.2) is 55.9 Å². The number of anilines is 1. The molecular formula is C23H30N2O3. The lowest BCUT2D eigenvalue weighted by Gasteiger charge is -2.37. The Bertz CT molecular complexity index is 815. The number of rotatable bonds is 4. The second kappa shape index (κ2) is 8.41. The quantitative estimate of drug-likeness (QED) is 0.879. The summed E-state index contributed by atoms with van der Waals surface area (Å²) in [6.45, 7) is 10.2. The van der Waals surface area contributed by atoms with Crippen LogP contribution in [0.3, 0.4) is 0 Å². The SMILES string of the molecule is Cc1ccc(N2CCN(CC(O)c3ccc4c(c3)OCCCO4)CC2)c(C)c1. The normalized spacial score (nSPS) is 18.6. The van der Waals surface area contributed by atoms with Crippen LogP contribution >= 0.6 is 0 Å². The molecule has 0 aromatic heterocycles. The van der Waals surface area contributed by atoms with Crippen LogP contribution in [0.15, 0.2) is 36.4 Å². The maximum Gasteiger partial charge on any atom is 0.161 e. The first-order valence-corrected chi connectivity index (χ1v) is 10.2. The van der Waals surface area contributed by atoms with Crippen LogP contribution in [0.4, 0.5) is 5.69 Å². The second-order valence-corrected chi connectivity index (χ2v) is 7.85. The lowest BCUT2D eigenvalue weighted by molar-refractivity contribution is 0.109. The molecule has 1 N–H and O–H groups in total. The van der Waals surface area contributed by atoms with Crippen molar-refractivity contribution in [3.05, 3.63) is 53.1 Å². The van der Waals surface area contributed by atoms with Crippen molar-refractivity contribution >= 4 is 5.69 Å². The third kappa shape index (κ3) is 4.26. The first kappa shape index (κ1) is 19.1. The van der Waals surface area contributed by atoms with Crippen molar-refractivity contribution in [2.75, 3.05) is 50.8 Å². The van der Waals surface area contributed by atoms with Crippen LogP contribution in [-0.2, 0) is 0 Å².